The number of sulfonamides is 1. The highest BCUT2D eigenvalue weighted by Gasteiger charge is 2.27. The number of ether oxygens (including phenoxy) is 1. The Balaban J connectivity index is 1.55. The van der Waals surface area contributed by atoms with Crippen molar-refractivity contribution in [2.75, 3.05) is 32.8 Å². The molecule has 2 aliphatic rings. The standard InChI is InChI=1S/C19H26N2O5S/c1-15-8-12-20(13-9-15)18(22)14-26-19(23)16-4-6-17(7-5-16)27(24,25)21-10-2-3-11-21/h4-7,15H,2-3,8-14H2,1H3. The van der Waals surface area contributed by atoms with E-state index in [0.29, 0.717) is 32.1 Å². The van der Waals surface area contributed by atoms with Crippen LogP contribution >= 0.6 is 0 Å². The van der Waals surface area contributed by atoms with Gasteiger partial charge in [0.1, 0.15) is 0 Å². The van der Waals surface area contributed by atoms with Crippen molar-refractivity contribution in [1.29, 1.82) is 0 Å². The second kappa shape index (κ2) is 8.39. The summed E-state index contributed by atoms with van der Waals surface area (Å²) in [6.07, 6.45) is 3.67. The summed E-state index contributed by atoms with van der Waals surface area (Å²) in [6.45, 7) is 4.32. The fourth-order valence-electron chi connectivity index (χ4n) is 3.40. The molecule has 3 rings (SSSR count). The third-order valence-electron chi connectivity index (χ3n) is 5.26. The molecule has 0 aromatic heterocycles. The molecule has 1 amide bonds. The zero-order chi connectivity index (χ0) is 19.4. The Morgan fingerprint density at radius 1 is 1.04 bits per heavy atom. The molecule has 0 radical (unpaired) electrons. The molecule has 2 aliphatic heterocycles. The van der Waals surface area contributed by atoms with Crippen molar-refractivity contribution in [3.63, 3.8) is 0 Å². The number of rotatable bonds is 5. The van der Waals surface area contributed by atoms with Crippen LogP contribution in [0.15, 0.2) is 29.2 Å². The fourth-order valence-corrected chi connectivity index (χ4v) is 4.92. The molecule has 2 saturated heterocycles. The van der Waals surface area contributed by atoms with E-state index in [1.54, 1.807) is 4.90 Å². The Labute approximate surface area is 160 Å². The zero-order valence-electron chi connectivity index (χ0n) is 15.6. The van der Waals surface area contributed by atoms with E-state index in [0.717, 1.165) is 25.7 Å². The largest absolute Gasteiger partial charge is 0.452 e. The van der Waals surface area contributed by atoms with Crippen molar-refractivity contribution in [2.24, 2.45) is 5.92 Å². The number of likely N-dealkylation sites (tertiary alicyclic amines) is 1. The van der Waals surface area contributed by atoms with Crippen LogP contribution in [-0.4, -0.2) is 62.3 Å². The number of nitrogens with zero attached hydrogens (tertiary/aromatic N) is 2. The molecule has 0 spiro atoms. The predicted molar refractivity (Wildman–Crippen MR) is 99.7 cm³/mol. The van der Waals surface area contributed by atoms with Crippen LogP contribution in [0.3, 0.4) is 0 Å². The van der Waals surface area contributed by atoms with Crippen molar-refractivity contribution >= 4 is 21.9 Å². The molecule has 0 bridgehead atoms. The SMILES string of the molecule is CC1CCN(C(=O)COC(=O)c2ccc(S(=O)(=O)N3CCCC3)cc2)CC1. The molecular weight excluding hydrogens is 368 g/mol. The lowest BCUT2D eigenvalue weighted by Crippen LogP contribution is -2.40. The Bertz CT molecular complexity index is 777. The molecule has 27 heavy (non-hydrogen) atoms. The number of benzene rings is 1. The van der Waals surface area contributed by atoms with Gasteiger partial charge >= 0.3 is 5.97 Å². The Morgan fingerprint density at radius 2 is 1.63 bits per heavy atom. The van der Waals surface area contributed by atoms with Gasteiger partial charge < -0.3 is 9.64 Å². The molecule has 148 valence electrons. The van der Waals surface area contributed by atoms with Gasteiger partial charge in [0.25, 0.3) is 5.91 Å². The van der Waals surface area contributed by atoms with Gasteiger partial charge in [-0.3, -0.25) is 4.79 Å². The van der Waals surface area contributed by atoms with Gasteiger partial charge in [0, 0.05) is 26.2 Å². The van der Waals surface area contributed by atoms with Gasteiger partial charge in [-0.1, -0.05) is 6.92 Å². The molecule has 0 saturated carbocycles. The molecule has 1 aromatic carbocycles. The zero-order valence-corrected chi connectivity index (χ0v) is 16.4. The summed E-state index contributed by atoms with van der Waals surface area (Å²) in [5.74, 6) is -0.200. The van der Waals surface area contributed by atoms with E-state index in [4.69, 9.17) is 4.74 Å². The van der Waals surface area contributed by atoms with Crippen molar-refractivity contribution in [3.05, 3.63) is 29.8 Å². The average Bonchev–Trinajstić information content (AvgIpc) is 3.22. The fraction of sp³-hybridized carbons (Fsp3) is 0.579. The highest BCUT2D eigenvalue weighted by Crippen LogP contribution is 2.21. The van der Waals surface area contributed by atoms with Crippen LogP contribution in [0.1, 0.15) is 43.0 Å². The summed E-state index contributed by atoms with van der Waals surface area (Å²) in [5.41, 5.74) is 0.232. The van der Waals surface area contributed by atoms with Crippen LogP contribution in [-0.2, 0) is 19.6 Å². The lowest BCUT2D eigenvalue weighted by atomic mass is 9.99. The van der Waals surface area contributed by atoms with Gasteiger partial charge in [-0.25, -0.2) is 13.2 Å². The molecule has 2 heterocycles. The van der Waals surface area contributed by atoms with E-state index in [1.165, 1.54) is 28.6 Å². The van der Waals surface area contributed by atoms with Crippen molar-refractivity contribution in [3.8, 4) is 0 Å². The molecule has 7 nitrogen and oxygen atoms in total. The van der Waals surface area contributed by atoms with Crippen molar-refractivity contribution in [1.82, 2.24) is 9.21 Å². The molecule has 1 aromatic rings. The second-order valence-corrected chi connectivity index (χ2v) is 9.21. The highest BCUT2D eigenvalue weighted by atomic mass is 32.2. The third kappa shape index (κ3) is 4.68. The van der Waals surface area contributed by atoms with Gasteiger partial charge in [0.05, 0.1) is 10.5 Å². The lowest BCUT2D eigenvalue weighted by Gasteiger charge is -2.30. The summed E-state index contributed by atoms with van der Waals surface area (Å²) >= 11 is 0. The number of esters is 1. The first-order valence-electron chi connectivity index (χ1n) is 9.43. The Hall–Kier alpha value is -1.93. The Morgan fingerprint density at radius 3 is 2.22 bits per heavy atom. The van der Waals surface area contributed by atoms with Gasteiger partial charge in [0.15, 0.2) is 6.61 Å². The maximum Gasteiger partial charge on any atom is 0.338 e. The molecular formula is C19H26N2O5S. The predicted octanol–water partition coefficient (Wildman–Crippen LogP) is 1.89. The number of piperidine rings is 1. The molecule has 8 heteroatoms. The number of carbonyl (C=O) groups excluding carboxylic acids is 2. The van der Waals surface area contributed by atoms with Crippen LogP contribution in [0, 0.1) is 5.92 Å². The normalized spacial score (nSPS) is 19.2. The first kappa shape index (κ1) is 19.8. The van der Waals surface area contributed by atoms with Gasteiger partial charge in [-0.05, 0) is 55.9 Å². The maximum absolute atomic E-state index is 12.5. The van der Waals surface area contributed by atoms with Crippen molar-refractivity contribution < 1.29 is 22.7 Å². The molecule has 0 atom stereocenters. The van der Waals surface area contributed by atoms with Crippen molar-refractivity contribution in [2.45, 2.75) is 37.5 Å². The van der Waals surface area contributed by atoms with E-state index in [-0.39, 0.29) is 23.0 Å². The summed E-state index contributed by atoms with van der Waals surface area (Å²) in [5, 5.41) is 0. The van der Waals surface area contributed by atoms with Crippen LogP contribution in [0.2, 0.25) is 0 Å². The molecule has 0 aliphatic carbocycles. The van der Waals surface area contributed by atoms with Crippen LogP contribution in [0.4, 0.5) is 0 Å². The van der Waals surface area contributed by atoms with Crippen LogP contribution < -0.4 is 0 Å². The Kier molecular flexibility index (Phi) is 6.16. The first-order valence-corrected chi connectivity index (χ1v) is 10.9. The van der Waals surface area contributed by atoms with E-state index in [1.807, 2.05) is 0 Å². The average molecular weight is 394 g/mol. The summed E-state index contributed by atoms with van der Waals surface area (Å²) < 4.78 is 31.5. The van der Waals surface area contributed by atoms with Crippen LogP contribution in [0.5, 0.6) is 0 Å². The maximum atomic E-state index is 12.5. The minimum atomic E-state index is -3.51. The summed E-state index contributed by atoms with van der Waals surface area (Å²) in [7, 11) is -3.51. The van der Waals surface area contributed by atoms with Gasteiger partial charge in [0.2, 0.25) is 10.0 Å². The molecule has 2 fully saturated rings. The number of carbonyl (C=O) groups is 2. The first-order chi connectivity index (χ1) is 12.9. The number of hydrogen-bond acceptors (Lipinski definition) is 5. The molecule has 0 N–H and O–H groups in total. The second-order valence-electron chi connectivity index (χ2n) is 7.28. The van der Waals surface area contributed by atoms with E-state index in [2.05, 4.69) is 6.92 Å². The lowest BCUT2D eigenvalue weighted by molar-refractivity contribution is -0.135. The third-order valence-corrected chi connectivity index (χ3v) is 7.17. The van der Waals surface area contributed by atoms with Gasteiger partial charge in [-0.2, -0.15) is 4.31 Å². The summed E-state index contributed by atoms with van der Waals surface area (Å²) in [4.78, 5) is 26.2. The van der Waals surface area contributed by atoms with E-state index < -0.39 is 16.0 Å². The summed E-state index contributed by atoms with van der Waals surface area (Å²) in [6, 6.07) is 5.69. The van der Waals surface area contributed by atoms with Crippen LogP contribution in [0.25, 0.3) is 0 Å². The van der Waals surface area contributed by atoms with Gasteiger partial charge in [-0.15, -0.1) is 0 Å². The van der Waals surface area contributed by atoms with E-state index in [9.17, 15) is 18.0 Å². The topological polar surface area (TPSA) is 84.0 Å². The minimum absolute atomic E-state index is 0.166. The minimum Gasteiger partial charge on any atom is -0.452 e. The molecule has 0 unspecified atom stereocenters. The quantitative estimate of drug-likeness (QED) is 0.712. The number of amides is 1. The highest BCUT2D eigenvalue weighted by molar-refractivity contribution is 7.89. The number of hydrogen-bond donors (Lipinski definition) is 0. The smallest absolute Gasteiger partial charge is 0.338 e. The van der Waals surface area contributed by atoms with E-state index >= 15 is 0 Å². The monoisotopic (exact) mass is 394 g/mol.